The van der Waals surface area contributed by atoms with Crippen molar-refractivity contribution < 1.29 is 27.3 Å². The van der Waals surface area contributed by atoms with E-state index in [9.17, 15) is 22.8 Å². The first kappa shape index (κ1) is 20.2. The van der Waals surface area contributed by atoms with Crippen LogP contribution in [-0.4, -0.2) is 28.1 Å². The molecular weight excluding hydrogens is 389 g/mol. The zero-order valence-corrected chi connectivity index (χ0v) is 15.8. The second-order valence-corrected chi connectivity index (χ2v) is 6.37. The van der Waals surface area contributed by atoms with E-state index in [0.29, 0.717) is 28.9 Å². The van der Waals surface area contributed by atoms with Gasteiger partial charge in [-0.3, -0.25) is 14.2 Å². The topological polar surface area (TPSA) is 89.2 Å². The van der Waals surface area contributed by atoms with Crippen LogP contribution >= 0.6 is 0 Å². The summed E-state index contributed by atoms with van der Waals surface area (Å²) in [6.45, 7) is 4.74. The van der Waals surface area contributed by atoms with E-state index in [1.165, 1.54) is 0 Å². The van der Waals surface area contributed by atoms with E-state index < -0.39 is 41.5 Å². The van der Waals surface area contributed by atoms with E-state index in [1.807, 2.05) is 0 Å². The maximum Gasteiger partial charge on any atom is 0.253 e. The van der Waals surface area contributed by atoms with Crippen molar-refractivity contribution in [2.75, 3.05) is 11.9 Å². The first-order valence-corrected chi connectivity index (χ1v) is 8.53. The van der Waals surface area contributed by atoms with Gasteiger partial charge in [0.05, 0.1) is 17.8 Å². The molecule has 2 amide bonds. The number of carbonyl (C=O) groups is 2. The second-order valence-electron chi connectivity index (χ2n) is 6.37. The number of halogens is 3. The fraction of sp³-hybridized carbons (Fsp3) is 0.211. The Morgan fingerprint density at radius 1 is 1.10 bits per heavy atom. The highest BCUT2D eigenvalue weighted by Crippen LogP contribution is 2.21. The first-order chi connectivity index (χ1) is 13.7. The molecule has 0 saturated heterocycles. The molecule has 7 nitrogen and oxygen atoms in total. The van der Waals surface area contributed by atoms with E-state index in [2.05, 4.69) is 15.8 Å². The highest BCUT2D eigenvalue weighted by Gasteiger charge is 2.20. The highest BCUT2D eigenvalue weighted by atomic mass is 19.2. The van der Waals surface area contributed by atoms with Crippen molar-refractivity contribution in [3.05, 3.63) is 64.4 Å². The monoisotopic (exact) mass is 406 g/mol. The molecule has 2 N–H and O–H groups in total. The lowest BCUT2D eigenvalue weighted by Crippen LogP contribution is -2.33. The van der Waals surface area contributed by atoms with Crippen molar-refractivity contribution in [2.45, 2.75) is 20.8 Å². The lowest BCUT2D eigenvalue weighted by atomic mass is 10.2. The molecule has 0 fully saturated rings. The van der Waals surface area contributed by atoms with Gasteiger partial charge in [0.2, 0.25) is 5.91 Å². The molecule has 0 aliphatic rings. The standard InChI is InChI=1S/C19H17F3N4O3/c1-9-6-12(11(3)26(9)15-7-10(2)29-25-15)19(28)23-8-16(27)24-14-5-4-13(20)17(21)18(14)22/h4-7H,8H2,1-3H3,(H,23,28)(H,24,27). The number of aromatic nitrogens is 2. The molecule has 2 heterocycles. The Hall–Kier alpha value is -3.56. The van der Waals surface area contributed by atoms with Gasteiger partial charge in [-0.2, -0.15) is 0 Å². The van der Waals surface area contributed by atoms with Crippen molar-refractivity contribution in [2.24, 2.45) is 0 Å². The van der Waals surface area contributed by atoms with Crippen molar-refractivity contribution in [3.63, 3.8) is 0 Å². The van der Waals surface area contributed by atoms with E-state index >= 15 is 0 Å². The Kier molecular flexibility index (Phi) is 5.44. The molecule has 0 unspecified atom stereocenters. The van der Waals surface area contributed by atoms with Crippen LogP contribution < -0.4 is 10.6 Å². The van der Waals surface area contributed by atoms with Crippen LogP contribution in [0.25, 0.3) is 5.82 Å². The van der Waals surface area contributed by atoms with E-state index in [-0.39, 0.29) is 0 Å². The predicted octanol–water partition coefficient (Wildman–Crippen LogP) is 3.18. The van der Waals surface area contributed by atoms with Crippen LogP contribution in [0.1, 0.15) is 27.5 Å². The number of carbonyl (C=O) groups excluding carboxylic acids is 2. The molecule has 1 aromatic carbocycles. The third-order valence-corrected chi connectivity index (χ3v) is 4.24. The van der Waals surface area contributed by atoms with Gasteiger partial charge in [0, 0.05) is 17.5 Å². The number of benzene rings is 1. The molecule has 0 spiro atoms. The van der Waals surface area contributed by atoms with Gasteiger partial charge >= 0.3 is 0 Å². The van der Waals surface area contributed by atoms with Gasteiger partial charge in [0.25, 0.3) is 5.91 Å². The number of hydrogen-bond donors (Lipinski definition) is 2. The summed E-state index contributed by atoms with van der Waals surface area (Å²) in [5.41, 5.74) is 1.10. The van der Waals surface area contributed by atoms with Gasteiger partial charge in [-0.25, -0.2) is 13.2 Å². The quantitative estimate of drug-likeness (QED) is 0.637. The van der Waals surface area contributed by atoms with E-state index in [1.54, 1.807) is 37.5 Å². The maximum atomic E-state index is 13.6. The highest BCUT2D eigenvalue weighted by molar-refractivity contribution is 6.00. The van der Waals surface area contributed by atoms with Crippen LogP contribution in [0.3, 0.4) is 0 Å². The summed E-state index contributed by atoms with van der Waals surface area (Å²) in [5, 5.41) is 8.41. The minimum Gasteiger partial charge on any atom is -0.360 e. The molecule has 0 saturated carbocycles. The van der Waals surface area contributed by atoms with Crippen LogP contribution in [0.5, 0.6) is 0 Å². The molecule has 29 heavy (non-hydrogen) atoms. The molecule has 0 bridgehead atoms. The van der Waals surface area contributed by atoms with Gasteiger partial charge < -0.3 is 15.2 Å². The number of hydrogen-bond acceptors (Lipinski definition) is 4. The maximum absolute atomic E-state index is 13.6. The molecule has 0 aliphatic heterocycles. The Bertz CT molecular complexity index is 1100. The minimum absolute atomic E-state index is 0.315. The van der Waals surface area contributed by atoms with Crippen LogP contribution in [0.4, 0.5) is 18.9 Å². The SMILES string of the molecule is Cc1cc(-n2c(C)cc(C(=O)NCC(=O)Nc3ccc(F)c(F)c3F)c2C)no1. The largest absolute Gasteiger partial charge is 0.360 e. The molecule has 0 radical (unpaired) electrons. The zero-order chi connectivity index (χ0) is 21.3. The zero-order valence-electron chi connectivity index (χ0n) is 15.8. The number of rotatable bonds is 5. The summed E-state index contributed by atoms with van der Waals surface area (Å²) in [6, 6.07) is 4.92. The van der Waals surface area contributed by atoms with Gasteiger partial charge in [-0.15, -0.1) is 0 Å². The van der Waals surface area contributed by atoms with Gasteiger partial charge in [0.1, 0.15) is 5.76 Å². The molecular formula is C19H17F3N4O3. The van der Waals surface area contributed by atoms with Crippen LogP contribution in [0.2, 0.25) is 0 Å². The number of anilines is 1. The number of aryl methyl sites for hydroxylation is 2. The van der Waals surface area contributed by atoms with Crippen LogP contribution in [0, 0.1) is 38.2 Å². The Morgan fingerprint density at radius 3 is 2.48 bits per heavy atom. The fourth-order valence-electron chi connectivity index (χ4n) is 2.88. The predicted molar refractivity (Wildman–Crippen MR) is 97.3 cm³/mol. The first-order valence-electron chi connectivity index (χ1n) is 8.53. The molecule has 0 aliphatic carbocycles. The minimum atomic E-state index is -1.69. The summed E-state index contributed by atoms with van der Waals surface area (Å²) >= 11 is 0. The Balaban J connectivity index is 1.68. The number of nitrogens with zero attached hydrogens (tertiary/aromatic N) is 2. The summed E-state index contributed by atoms with van der Waals surface area (Å²) in [4.78, 5) is 24.4. The van der Waals surface area contributed by atoms with E-state index in [4.69, 9.17) is 4.52 Å². The molecule has 0 atom stereocenters. The molecule has 10 heteroatoms. The van der Waals surface area contributed by atoms with Crippen molar-refractivity contribution in [1.82, 2.24) is 15.0 Å². The average molecular weight is 406 g/mol. The smallest absolute Gasteiger partial charge is 0.253 e. The second kappa shape index (κ2) is 7.82. The van der Waals surface area contributed by atoms with Gasteiger partial charge in [0.15, 0.2) is 23.3 Å². The van der Waals surface area contributed by atoms with Gasteiger partial charge in [-0.05, 0) is 39.0 Å². The summed E-state index contributed by atoms with van der Waals surface area (Å²) in [5.74, 6) is -4.79. The lowest BCUT2D eigenvalue weighted by molar-refractivity contribution is -0.115. The lowest BCUT2D eigenvalue weighted by Gasteiger charge is -2.09. The Morgan fingerprint density at radius 2 is 1.83 bits per heavy atom. The van der Waals surface area contributed by atoms with Crippen molar-refractivity contribution in [3.8, 4) is 5.82 Å². The number of nitrogens with one attached hydrogen (secondary N) is 2. The van der Waals surface area contributed by atoms with Crippen molar-refractivity contribution in [1.29, 1.82) is 0 Å². The molecule has 3 rings (SSSR count). The average Bonchev–Trinajstić information content (AvgIpc) is 3.22. The van der Waals surface area contributed by atoms with Crippen molar-refractivity contribution >= 4 is 17.5 Å². The normalized spacial score (nSPS) is 10.8. The van der Waals surface area contributed by atoms with Crippen LogP contribution in [-0.2, 0) is 4.79 Å². The van der Waals surface area contributed by atoms with Crippen LogP contribution in [0.15, 0.2) is 28.8 Å². The fourth-order valence-corrected chi connectivity index (χ4v) is 2.88. The van der Waals surface area contributed by atoms with Gasteiger partial charge in [-0.1, -0.05) is 5.16 Å². The van der Waals surface area contributed by atoms with E-state index in [0.717, 1.165) is 11.8 Å². The molecule has 2 aromatic heterocycles. The third kappa shape index (κ3) is 4.00. The number of amides is 2. The summed E-state index contributed by atoms with van der Waals surface area (Å²) < 4.78 is 46.6. The molecule has 3 aromatic rings. The summed E-state index contributed by atoms with van der Waals surface area (Å²) in [6.07, 6.45) is 0. The third-order valence-electron chi connectivity index (χ3n) is 4.24. The molecule has 152 valence electrons. The Labute approximate surface area is 163 Å². The summed E-state index contributed by atoms with van der Waals surface area (Å²) in [7, 11) is 0.